The van der Waals surface area contributed by atoms with Crippen LogP contribution in [-0.4, -0.2) is 53.6 Å². The van der Waals surface area contributed by atoms with Crippen LogP contribution in [0, 0.1) is 0 Å². The minimum absolute atomic E-state index is 0.00983. The quantitative estimate of drug-likeness (QED) is 0.200. The normalized spacial score (nSPS) is 17.8. The number of anilines is 1. The first-order valence-corrected chi connectivity index (χ1v) is 14.7. The number of hydrogen-bond donors (Lipinski definition) is 2. The first kappa shape index (κ1) is 30.8. The number of rotatable bonds is 11. The first-order valence-electron chi connectivity index (χ1n) is 14.7. The third kappa shape index (κ3) is 6.16. The maximum atomic E-state index is 12.9. The predicted octanol–water partition coefficient (Wildman–Crippen LogP) is 4.76. The summed E-state index contributed by atoms with van der Waals surface area (Å²) in [5.74, 6) is 1.02. The van der Waals surface area contributed by atoms with Crippen molar-refractivity contribution >= 4 is 11.7 Å². The molecule has 2 N–H and O–H groups in total. The zero-order valence-corrected chi connectivity index (χ0v) is 25.2. The molecular weight excluding hydrogens is 590 g/mol. The molecule has 3 atom stereocenters. The van der Waals surface area contributed by atoms with E-state index in [1.54, 1.807) is 20.3 Å². The molecule has 11 nitrogen and oxygen atoms in total. The molecule has 0 saturated carbocycles. The Labute approximate surface area is 265 Å². The standard InChI is InChI=1S/C35H33N3O8/c1-42-26-14-10-24(11-15-26)35(23-7-4-3-5-8-23,25-12-16-27(43-2)17-13-25)45-22-30-28(39)21-32(46-30)38-19-18-31(37-34(38)41)36-33(40)29-9-6-20-44-29/h3-20,28,30,32,39H,21-22H2,1-2H3,(H,36,37,40,41)/t28-,30+,32+/m0/s1. The van der Waals surface area contributed by atoms with Crippen LogP contribution in [0.5, 0.6) is 11.5 Å². The molecule has 0 unspecified atom stereocenters. The van der Waals surface area contributed by atoms with Gasteiger partial charge in [0.05, 0.1) is 33.2 Å². The van der Waals surface area contributed by atoms with Gasteiger partial charge in [-0.05, 0) is 59.2 Å². The molecule has 11 heteroatoms. The minimum Gasteiger partial charge on any atom is -0.497 e. The second kappa shape index (κ2) is 13.4. The van der Waals surface area contributed by atoms with Crippen LogP contribution in [0.2, 0.25) is 0 Å². The molecule has 0 radical (unpaired) electrons. The average molecular weight is 624 g/mol. The number of nitrogens with zero attached hydrogens (tertiary/aromatic N) is 2. The van der Waals surface area contributed by atoms with E-state index in [-0.39, 0.29) is 24.6 Å². The largest absolute Gasteiger partial charge is 0.497 e. The van der Waals surface area contributed by atoms with E-state index in [0.717, 1.165) is 16.7 Å². The lowest BCUT2D eigenvalue weighted by Crippen LogP contribution is -2.38. The lowest BCUT2D eigenvalue weighted by Gasteiger charge is -2.37. The third-order valence-electron chi connectivity index (χ3n) is 7.97. The van der Waals surface area contributed by atoms with Crippen LogP contribution in [-0.2, 0) is 15.1 Å². The van der Waals surface area contributed by atoms with Gasteiger partial charge in [0.25, 0.3) is 5.91 Å². The lowest BCUT2D eigenvalue weighted by atomic mass is 9.80. The van der Waals surface area contributed by atoms with Gasteiger partial charge >= 0.3 is 5.69 Å². The van der Waals surface area contributed by atoms with Crippen LogP contribution >= 0.6 is 0 Å². The van der Waals surface area contributed by atoms with Gasteiger partial charge in [0, 0.05) is 12.6 Å². The van der Waals surface area contributed by atoms with Crippen molar-refractivity contribution in [3.8, 4) is 11.5 Å². The second-order valence-electron chi connectivity index (χ2n) is 10.7. The molecule has 236 valence electrons. The number of amides is 1. The van der Waals surface area contributed by atoms with Gasteiger partial charge in [-0.1, -0.05) is 54.6 Å². The van der Waals surface area contributed by atoms with E-state index < -0.39 is 35.6 Å². The summed E-state index contributed by atoms with van der Waals surface area (Å²) in [6.45, 7) is -0.00983. The molecule has 0 bridgehead atoms. The molecule has 3 aromatic carbocycles. The number of hydrogen-bond acceptors (Lipinski definition) is 9. The monoisotopic (exact) mass is 623 g/mol. The minimum atomic E-state index is -1.10. The Bertz CT molecular complexity index is 1760. The van der Waals surface area contributed by atoms with E-state index in [4.69, 9.17) is 23.4 Å². The highest BCUT2D eigenvalue weighted by Gasteiger charge is 2.42. The zero-order chi connectivity index (χ0) is 32.1. The fraction of sp³-hybridized carbons (Fsp3) is 0.229. The first-order chi connectivity index (χ1) is 22.4. The number of furan rings is 1. The van der Waals surface area contributed by atoms with Gasteiger partial charge < -0.3 is 33.8 Å². The van der Waals surface area contributed by atoms with E-state index >= 15 is 0 Å². The molecule has 1 amide bonds. The molecule has 0 aliphatic carbocycles. The molecule has 1 aliphatic heterocycles. The van der Waals surface area contributed by atoms with Gasteiger partial charge in [0.1, 0.15) is 35.2 Å². The molecule has 6 rings (SSSR count). The summed E-state index contributed by atoms with van der Waals surface area (Å²) in [6, 6.07) is 29.6. The third-order valence-corrected chi connectivity index (χ3v) is 7.97. The molecule has 1 aliphatic rings. The van der Waals surface area contributed by atoms with Crippen molar-refractivity contribution in [2.24, 2.45) is 0 Å². The van der Waals surface area contributed by atoms with Crippen molar-refractivity contribution in [3.05, 3.63) is 142 Å². The van der Waals surface area contributed by atoms with Crippen molar-refractivity contribution in [3.63, 3.8) is 0 Å². The zero-order valence-electron chi connectivity index (χ0n) is 25.2. The average Bonchev–Trinajstić information content (AvgIpc) is 3.77. The molecule has 46 heavy (non-hydrogen) atoms. The van der Waals surface area contributed by atoms with Crippen molar-refractivity contribution in [1.29, 1.82) is 0 Å². The molecular formula is C35H33N3O8. The van der Waals surface area contributed by atoms with Gasteiger partial charge in [0.2, 0.25) is 0 Å². The van der Waals surface area contributed by atoms with Crippen molar-refractivity contribution in [2.75, 3.05) is 26.1 Å². The summed E-state index contributed by atoms with van der Waals surface area (Å²) in [5.41, 5.74) is 0.781. The molecule has 1 fully saturated rings. The summed E-state index contributed by atoms with van der Waals surface area (Å²) in [5, 5.41) is 13.6. The number of nitrogens with one attached hydrogen (secondary N) is 1. The number of carbonyl (C=O) groups is 1. The summed E-state index contributed by atoms with van der Waals surface area (Å²) in [7, 11) is 3.22. The van der Waals surface area contributed by atoms with E-state index in [1.807, 2.05) is 78.9 Å². The van der Waals surface area contributed by atoms with Crippen LogP contribution < -0.4 is 20.5 Å². The number of aliphatic hydroxyl groups is 1. The highest BCUT2D eigenvalue weighted by molar-refractivity contribution is 6.01. The lowest BCUT2D eigenvalue weighted by molar-refractivity contribution is -0.0944. The van der Waals surface area contributed by atoms with Crippen molar-refractivity contribution in [1.82, 2.24) is 9.55 Å². The van der Waals surface area contributed by atoms with E-state index in [0.29, 0.717) is 11.5 Å². The molecule has 3 heterocycles. The number of ether oxygens (including phenoxy) is 4. The number of aliphatic hydroxyl groups excluding tert-OH is 1. The van der Waals surface area contributed by atoms with Crippen molar-refractivity contribution < 1.29 is 33.3 Å². The van der Waals surface area contributed by atoms with E-state index in [2.05, 4.69) is 10.3 Å². The van der Waals surface area contributed by atoms with Crippen LogP contribution in [0.3, 0.4) is 0 Å². The Balaban J connectivity index is 1.27. The second-order valence-corrected chi connectivity index (χ2v) is 10.7. The maximum absolute atomic E-state index is 12.9. The number of methoxy groups -OCH3 is 2. The SMILES string of the molecule is COc1ccc(C(OC[C@H]2O[C@@H](n3ccc(NC(=O)c4ccco4)nc3=O)C[C@@H]2O)(c2ccccc2)c2ccc(OC)cc2)cc1. The molecule has 2 aromatic heterocycles. The Morgan fingerprint density at radius 3 is 2.11 bits per heavy atom. The van der Waals surface area contributed by atoms with Crippen LogP contribution in [0.1, 0.15) is 39.9 Å². The Hall–Kier alpha value is -5.23. The Morgan fingerprint density at radius 2 is 1.54 bits per heavy atom. The number of carbonyl (C=O) groups excluding carboxylic acids is 1. The smallest absolute Gasteiger partial charge is 0.351 e. The topological polar surface area (TPSA) is 134 Å². The van der Waals surface area contributed by atoms with Crippen LogP contribution in [0.4, 0.5) is 5.82 Å². The van der Waals surface area contributed by atoms with Gasteiger partial charge in [-0.2, -0.15) is 4.98 Å². The molecule has 1 saturated heterocycles. The number of benzene rings is 3. The fourth-order valence-corrected chi connectivity index (χ4v) is 5.60. The van der Waals surface area contributed by atoms with Gasteiger partial charge in [0.15, 0.2) is 5.76 Å². The predicted molar refractivity (Wildman–Crippen MR) is 168 cm³/mol. The fourth-order valence-electron chi connectivity index (χ4n) is 5.60. The van der Waals surface area contributed by atoms with Gasteiger partial charge in [-0.25, -0.2) is 4.79 Å². The summed E-state index contributed by atoms with van der Waals surface area (Å²) < 4.78 is 30.3. The number of aromatic nitrogens is 2. The van der Waals surface area contributed by atoms with E-state index in [1.165, 1.54) is 29.2 Å². The van der Waals surface area contributed by atoms with Crippen LogP contribution in [0.15, 0.2) is 119 Å². The van der Waals surface area contributed by atoms with E-state index in [9.17, 15) is 14.7 Å². The Morgan fingerprint density at radius 1 is 0.913 bits per heavy atom. The van der Waals surface area contributed by atoms with Crippen LogP contribution in [0.25, 0.3) is 0 Å². The van der Waals surface area contributed by atoms with Crippen molar-refractivity contribution in [2.45, 2.75) is 30.5 Å². The maximum Gasteiger partial charge on any atom is 0.351 e. The highest BCUT2D eigenvalue weighted by Crippen LogP contribution is 2.42. The summed E-state index contributed by atoms with van der Waals surface area (Å²) in [6.07, 6.45) is 0.478. The molecule has 5 aromatic rings. The summed E-state index contributed by atoms with van der Waals surface area (Å²) >= 11 is 0. The molecule has 0 spiro atoms. The summed E-state index contributed by atoms with van der Waals surface area (Å²) in [4.78, 5) is 29.2. The highest BCUT2D eigenvalue weighted by atomic mass is 16.6. The van der Waals surface area contributed by atoms with Gasteiger partial charge in [-0.3, -0.25) is 9.36 Å². The van der Waals surface area contributed by atoms with Gasteiger partial charge in [-0.15, -0.1) is 0 Å². The Kier molecular flexibility index (Phi) is 8.97.